The van der Waals surface area contributed by atoms with E-state index < -0.39 is 0 Å². The molecule has 0 unspecified atom stereocenters. The van der Waals surface area contributed by atoms with Crippen molar-refractivity contribution in [1.29, 1.82) is 0 Å². The van der Waals surface area contributed by atoms with Crippen molar-refractivity contribution in [2.45, 2.75) is 26.2 Å². The highest BCUT2D eigenvalue weighted by atomic mass is 16.5. The van der Waals surface area contributed by atoms with E-state index >= 15 is 0 Å². The van der Waals surface area contributed by atoms with Gasteiger partial charge in [-0.25, -0.2) is 4.98 Å². The molecule has 1 aliphatic rings. The average Bonchev–Trinajstić information content (AvgIpc) is 2.49. The molecule has 0 saturated carbocycles. The number of amides is 1. The molecular weight excluding hydrogens is 254 g/mol. The molecule has 5 heteroatoms. The predicted octanol–water partition coefficient (Wildman–Crippen LogP) is 2.00. The van der Waals surface area contributed by atoms with Crippen molar-refractivity contribution in [2.75, 3.05) is 25.0 Å². The van der Waals surface area contributed by atoms with Crippen LogP contribution in [-0.4, -0.2) is 30.6 Å². The number of allylic oxidation sites excluding steroid dienone is 1. The Balaban J connectivity index is 1.60. The van der Waals surface area contributed by atoms with Crippen LogP contribution in [0.15, 0.2) is 30.2 Å². The van der Waals surface area contributed by atoms with E-state index in [1.165, 1.54) is 0 Å². The lowest BCUT2D eigenvalue weighted by Crippen LogP contribution is -2.29. The first kappa shape index (κ1) is 14.4. The van der Waals surface area contributed by atoms with Gasteiger partial charge < -0.3 is 15.4 Å². The quantitative estimate of drug-likeness (QED) is 0.779. The number of hydrogen-bond acceptors (Lipinski definition) is 4. The van der Waals surface area contributed by atoms with Crippen LogP contribution in [0.5, 0.6) is 0 Å². The molecule has 1 aliphatic heterocycles. The van der Waals surface area contributed by atoms with Gasteiger partial charge in [-0.15, -0.1) is 0 Å². The maximum Gasteiger partial charge on any atom is 0.286 e. The van der Waals surface area contributed by atoms with E-state index in [-0.39, 0.29) is 5.91 Å². The summed E-state index contributed by atoms with van der Waals surface area (Å²) in [5, 5.41) is 6.07. The van der Waals surface area contributed by atoms with Gasteiger partial charge in [-0.2, -0.15) is 0 Å². The lowest BCUT2D eigenvalue weighted by molar-refractivity contribution is -0.121. The van der Waals surface area contributed by atoms with Gasteiger partial charge in [-0.05, 0) is 43.9 Å². The molecule has 0 aliphatic carbocycles. The Morgan fingerprint density at radius 1 is 1.40 bits per heavy atom. The summed E-state index contributed by atoms with van der Waals surface area (Å²) in [6.07, 6.45) is 6.44. The number of ether oxygens (including phenoxy) is 1. The lowest BCUT2D eigenvalue weighted by atomic mass is 10.2. The summed E-state index contributed by atoms with van der Waals surface area (Å²) in [5.74, 6) is 1.21. The fraction of sp³-hybridized carbons (Fsp3) is 0.467. The lowest BCUT2D eigenvalue weighted by Gasteiger charge is -2.14. The summed E-state index contributed by atoms with van der Waals surface area (Å²) in [6.45, 7) is 4.04. The van der Waals surface area contributed by atoms with Crippen LogP contribution in [0.3, 0.4) is 0 Å². The van der Waals surface area contributed by atoms with Crippen molar-refractivity contribution in [3.05, 3.63) is 35.7 Å². The minimum absolute atomic E-state index is 0.113. The molecule has 2 rings (SSSR count). The van der Waals surface area contributed by atoms with Gasteiger partial charge in [-0.1, -0.05) is 6.07 Å². The maximum atomic E-state index is 11.7. The second-order valence-electron chi connectivity index (χ2n) is 4.82. The molecule has 0 spiro atoms. The van der Waals surface area contributed by atoms with E-state index in [1.807, 2.05) is 31.3 Å². The van der Waals surface area contributed by atoms with E-state index in [0.717, 1.165) is 37.2 Å². The average molecular weight is 275 g/mol. The topological polar surface area (TPSA) is 63.2 Å². The molecule has 1 amide bonds. The summed E-state index contributed by atoms with van der Waals surface area (Å²) < 4.78 is 5.30. The molecule has 2 N–H and O–H groups in total. The van der Waals surface area contributed by atoms with Crippen molar-refractivity contribution in [3.63, 3.8) is 0 Å². The number of aryl methyl sites for hydroxylation is 1. The zero-order valence-corrected chi connectivity index (χ0v) is 11.8. The van der Waals surface area contributed by atoms with Gasteiger partial charge in [0.25, 0.3) is 5.91 Å². The van der Waals surface area contributed by atoms with Gasteiger partial charge in [0.2, 0.25) is 0 Å². The summed E-state index contributed by atoms with van der Waals surface area (Å²) in [7, 11) is 0. The van der Waals surface area contributed by atoms with Crippen molar-refractivity contribution in [3.8, 4) is 0 Å². The Hall–Kier alpha value is -2.04. The number of carbonyl (C=O) groups is 1. The van der Waals surface area contributed by atoms with Crippen molar-refractivity contribution in [1.82, 2.24) is 10.3 Å². The molecule has 108 valence electrons. The van der Waals surface area contributed by atoms with Crippen molar-refractivity contribution in [2.24, 2.45) is 0 Å². The smallest absolute Gasteiger partial charge is 0.286 e. The van der Waals surface area contributed by atoms with Crippen LogP contribution in [0.2, 0.25) is 0 Å². The molecule has 20 heavy (non-hydrogen) atoms. The Morgan fingerprint density at radius 2 is 2.30 bits per heavy atom. The van der Waals surface area contributed by atoms with Crippen LogP contribution < -0.4 is 10.6 Å². The Kier molecular flexibility index (Phi) is 5.41. The van der Waals surface area contributed by atoms with Crippen molar-refractivity contribution < 1.29 is 9.53 Å². The second kappa shape index (κ2) is 7.53. The third-order valence-electron chi connectivity index (χ3n) is 3.02. The van der Waals surface area contributed by atoms with E-state index in [9.17, 15) is 4.79 Å². The normalized spacial score (nSPS) is 14.2. The highest BCUT2D eigenvalue weighted by Crippen LogP contribution is 2.09. The van der Waals surface area contributed by atoms with E-state index in [1.54, 1.807) is 0 Å². The first-order chi connectivity index (χ1) is 9.75. The molecule has 0 saturated heterocycles. The third kappa shape index (κ3) is 4.57. The number of aromatic nitrogens is 1. The fourth-order valence-corrected chi connectivity index (χ4v) is 1.88. The monoisotopic (exact) mass is 275 g/mol. The second-order valence-corrected chi connectivity index (χ2v) is 4.82. The summed E-state index contributed by atoms with van der Waals surface area (Å²) in [4.78, 5) is 16.0. The number of hydrogen-bond donors (Lipinski definition) is 2. The van der Waals surface area contributed by atoms with Crippen LogP contribution in [0, 0.1) is 6.92 Å². The fourth-order valence-electron chi connectivity index (χ4n) is 1.88. The maximum absolute atomic E-state index is 11.7. The predicted molar refractivity (Wildman–Crippen MR) is 78.4 cm³/mol. The molecule has 0 aromatic carbocycles. The Morgan fingerprint density at radius 3 is 3.00 bits per heavy atom. The van der Waals surface area contributed by atoms with Crippen LogP contribution in [0.25, 0.3) is 0 Å². The van der Waals surface area contributed by atoms with Crippen LogP contribution in [0.1, 0.15) is 24.8 Å². The molecular formula is C15H21N3O2. The number of nitrogens with one attached hydrogen (secondary N) is 2. The number of carbonyl (C=O) groups excluding carboxylic acids is 1. The Labute approximate surface area is 119 Å². The number of rotatable bonds is 6. The molecule has 1 aromatic heterocycles. The van der Waals surface area contributed by atoms with E-state index in [0.29, 0.717) is 18.9 Å². The van der Waals surface area contributed by atoms with E-state index in [4.69, 9.17) is 4.74 Å². The van der Waals surface area contributed by atoms with Gasteiger partial charge in [0.05, 0.1) is 6.61 Å². The SMILES string of the molecule is Cc1ccc(NCCCNC(=O)C2=CCCCO2)nc1. The summed E-state index contributed by atoms with van der Waals surface area (Å²) in [6, 6.07) is 3.97. The Bertz CT molecular complexity index is 469. The molecule has 2 heterocycles. The molecule has 0 bridgehead atoms. The highest BCUT2D eigenvalue weighted by molar-refractivity contribution is 5.91. The number of anilines is 1. The van der Waals surface area contributed by atoms with Crippen LogP contribution in [-0.2, 0) is 9.53 Å². The molecule has 5 nitrogen and oxygen atoms in total. The standard InChI is InChI=1S/C15H21N3O2/c1-12-6-7-14(18-11-12)16-8-4-9-17-15(19)13-5-2-3-10-20-13/h5-7,11H,2-4,8-10H2,1H3,(H,16,18)(H,17,19). The van der Waals surface area contributed by atoms with Gasteiger partial charge in [0.1, 0.15) is 5.82 Å². The number of nitrogens with zero attached hydrogens (tertiary/aromatic N) is 1. The molecule has 1 aromatic rings. The van der Waals surface area contributed by atoms with Gasteiger partial charge in [-0.3, -0.25) is 4.79 Å². The largest absolute Gasteiger partial charge is 0.488 e. The van der Waals surface area contributed by atoms with Gasteiger partial charge >= 0.3 is 0 Å². The van der Waals surface area contributed by atoms with Gasteiger partial charge in [0.15, 0.2) is 5.76 Å². The zero-order valence-electron chi connectivity index (χ0n) is 11.8. The van der Waals surface area contributed by atoms with E-state index in [2.05, 4.69) is 15.6 Å². The molecule has 0 fully saturated rings. The first-order valence-electron chi connectivity index (χ1n) is 7.03. The summed E-state index contributed by atoms with van der Waals surface area (Å²) >= 11 is 0. The third-order valence-corrected chi connectivity index (χ3v) is 3.02. The first-order valence-corrected chi connectivity index (χ1v) is 7.03. The highest BCUT2D eigenvalue weighted by Gasteiger charge is 2.12. The summed E-state index contributed by atoms with van der Waals surface area (Å²) in [5.41, 5.74) is 1.14. The van der Waals surface area contributed by atoms with Crippen molar-refractivity contribution >= 4 is 11.7 Å². The minimum Gasteiger partial charge on any atom is -0.488 e. The molecule has 0 radical (unpaired) electrons. The van der Waals surface area contributed by atoms with Crippen LogP contribution in [0.4, 0.5) is 5.82 Å². The minimum atomic E-state index is -0.113. The zero-order chi connectivity index (χ0) is 14.2. The van der Waals surface area contributed by atoms with Gasteiger partial charge in [0, 0.05) is 19.3 Å². The van der Waals surface area contributed by atoms with Crippen LogP contribution >= 0.6 is 0 Å². The number of pyridine rings is 1. The molecule has 0 atom stereocenters.